The zero-order valence-corrected chi connectivity index (χ0v) is 15.2. The third-order valence-electron chi connectivity index (χ3n) is 4.18. The van der Waals surface area contributed by atoms with E-state index in [9.17, 15) is 0 Å². The number of hydrogen-bond acceptors (Lipinski definition) is 5. The van der Waals surface area contributed by atoms with Crippen molar-refractivity contribution in [2.45, 2.75) is 44.3 Å². The number of methoxy groups -OCH3 is 2. The Hall–Kier alpha value is -1.56. The van der Waals surface area contributed by atoms with Gasteiger partial charge < -0.3 is 20.5 Å². The van der Waals surface area contributed by atoms with Crippen LogP contribution in [0.1, 0.15) is 31.2 Å². The maximum atomic E-state index is 5.43. The van der Waals surface area contributed by atoms with Crippen molar-refractivity contribution < 1.29 is 9.47 Å². The van der Waals surface area contributed by atoms with E-state index in [0.29, 0.717) is 12.1 Å². The Labute approximate surface area is 148 Å². The Kier molecular flexibility index (Phi) is 5.76. The third-order valence-corrected chi connectivity index (χ3v) is 5.08. The Morgan fingerprint density at radius 3 is 2.29 bits per heavy atom. The van der Waals surface area contributed by atoms with Gasteiger partial charge in [0.05, 0.1) is 14.2 Å². The lowest BCUT2D eigenvalue weighted by atomic mass is 10.0. The fraction of sp³-hybridized carbons (Fsp3) is 0.474. The minimum atomic E-state index is 0.583. The van der Waals surface area contributed by atoms with Crippen LogP contribution < -0.4 is 20.5 Å². The molecule has 2 fully saturated rings. The van der Waals surface area contributed by atoms with E-state index in [1.807, 2.05) is 0 Å². The lowest BCUT2D eigenvalue weighted by Crippen LogP contribution is -2.16. The predicted octanol–water partition coefficient (Wildman–Crippen LogP) is 3.79. The number of nitrogens with two attached hydrogens (primary N) is 1. The molecule has 0 radical (unpaired) electrons. The minimum absolute atomic E-state index is 0.583. The van der Waals surface area contributed by atoms with Gasteiger partial charge >= 0.3 is 0 Å². The summed E-state index contributed by atoms with van der Waals surface area (Å²) in [5.41, 5.74) is 7.71. The lowest BCUT2D eigenvalue weighted by molar-refractivity contribution is 0.354. The van der Waals surface area contributed by atoms with Gasteiger partial charge in [0, 0.05) is 29.1 Å². The maximum Gasteiger partial charge on any atom is 0.161 e. The van der Waals surface area contributed by atoms with Gasteiger partial charge in [-0.2, -0.15) is 0 Å². The van der Waals surface area contributed by atoms with E-state index in [0.717, 1.165) is 18.0 Å². The number of nitrogens with one attached hydrogen (secondary N) is 1. The van der Waals surface area contributed by atoms with Crippen LogP contribution in [0.5, 0.6) is 11.5 Å². The Bertz CT molecular complexity index is 650. The van der Waals surface area contributed by atoms with Crippen LogP contribution >= 0.6 is 11.3 Å². The van der Waals surface area contributed by atoms with Crippen molar-refractivity contribution in [2.24, 2.45) is 5.73 Å². The first-order valence-electron chi connectivity index (χ1n) is 8.49. The van der Waals surface area contributed by atoms with E-state index in [1.54, 1.807) is 25.6 Å². The summed E-state index contributed by atoms with van der Waals surface area (Å²) in [6.45, 7) is 0.873. The molecule has 1 aromatic heterocycles. The standard InChI is InChI=1S/C16H19NO2S.C3H7N/c1-18-14-8-11(10-17-12-5-6-12)13(9-15(14)19-2)16-4-3-7-20-16;4-3-1-2-3/h3-4,7-9,12,17H,5-6,10H2,1-2H3;3H,1-2,4H2. The topological polar surface area (TPSA) is 56.5 Å². The lowest BCUT2D eigenvalue weighted by Gasteiger charge is -2.14. The molecule has 130 valence electrons. The summed E-state index contributed by atoms with van der Waals surface area (Å²) in [5, 5.41) is 5.67. The molecule has 2 aromatic rings. The molecule has 2 aliphatic rings. The fourth-order valence-electron chi connectivity index (χ4n) is 2.37. The van der Waals surface area contributed by atoms with Gasteiger partial charge in [-0.05, 0) is 54.8 Å². The molecule has 2 saturated carbocycles. The highest BCUT2D eigenvalue weighted by Crippen LogP contribution is 2.37. The molecule has 4 nitrogen and oxygen atoms in total. The molecule has 3 N–H and O–H groups in total. The fourth-order valence-corrected chi connectivity index (χ4v) is 3.14. The molecule has 4 rings (SSSR count). The second kappa shape index (κ2) is 8.01. The van der Waals surface area contributed by atoms with E-state index in [-0.39, 0.29) is 0 Å². The van der Waals surface area contributed by atoms with Gasteiger partial charge in [-0.15, -0.1) is 11.3 Å². The number of hydrogen-bond donors (Lipinski definition) is 2. The molecule has 0 saturated heterocycles. The first kappa shape index (κ1) is 17.3. The zero-order valence-electron chi connectivity index (χ0n) is 14.4. The average Bonchev–Trinajstić information content (AvgIpc) is 3.53. The molecule has 1 aromatic carbocycles. The van der Waals surface area contributed by atoms with Gasteiger partial charge in [0.1, 0.15) is 0 Å². The van der Waals surface area contributed by atoms with Gasteiger partial charge in [-0.25, -0.2) is 0 Å². The number of thiophene rings is 1. The minimum Gasteiger partial charge on any atom is -0.493 e. The summed E-state index contributed by atoms with van der Waals surface area (Å²) in [7, 11) is 3.36. The molecule has 24 heavy (non-hydrogen) atoms. The van der Waals surface area contributed by atoms with Crippen molar-refractivity contribution in [3.05, 3.63) is 35.2 Å². The SMILES string of the molecule is COc1cc(CNC2CC2)c(-c2cccs2)cc1OC.NC1CC1. The number of rotatable bonds is 6. The smallest absolute Gasteiger partial charge is 0.161 e. The molecule has 0 spiro atoms. The summed E-state index contributed by atoms with van der Waals surface area (Å²) in [6.07, 6.45) is 5.11. The van der Waals surface area contributed by atoms with Gasteiger partial charge in [0.15, 0.2) is 11.5 Å². The first-order chi connectivity index (χ1) is 11.7. The molecule has 0 bridgehead atoms. The van der Waals surface area contributed by atoms with Crippen molar-refractivity contribution in [1.82, 2.24) is 5.32 Å². The molecule has 0 atom stereocenters. The molecule has 0 amide bonds. The highest BCUT2D eigenvalue weighted by atomic mass is 32.1. The second-order valence-electron chi connectivity index (χ2n) is 6.33. The molecule has 1 heterocycles. The van der Waals surface area contributed by atoms with E-state index in [2.05, 4.69) is 35.0 Å². The summed E-state index contributed by atoms with van der Waals surface area (Å²) in [6, 6.07) is 9.67. The van der Waals surface area contributed by atoms with Crippen LogP contribution in [0.25, 0.3) is 10.4 Å². The summed E-state index contributed by atoms with van der Waals surface area (Å²) in [5.74, 6) is 1.58. The van der Waals surface area contributed by atoms with Crippen molar-refractivity contribution in [1.29, 1.82) is 0 Å². The van der Waals surface area contributed by atoms with E-state index in [1.165, 1.54) is 41.7 Å². The van der Waals surface area contributed by atoms with Crippen LogP contribution in [0.3, 0.4) is 0 Å². The predicted molar refractivity (Wildman–Crippen MR) is 99.9 cm³/mol. The molecule has 5 heteroatoms. The Morgan fingerprint density at radius 1 is 1.12 bits per heavy atom. The van der Waals surface area contributed by atoms with Gasteiger partial charge in [0.25, 0.3) is 0 Å². The largest absolute Gasteiger partial charge is 0.493 e. The molecule has 2 aliphatic carbocycles. The van der Waals surface area contributed by atoms with E-state index in [4.69, 9.17) is 15.2 Å². The van der Waals surface area contributed by atoms with Crippen LogP contribution in [0.2, 0.25) is 0 Å². The highest BCUT2D eigenvalue weighted by Gasteiger charge is 2.21. The summed E-state index contributed by atoms with van der Waals surface area (Å²) >= 11 is 1.75. The van der Waals surface area contributed by atoms with Gasteiger partial charge in [-0.3, -0.25) is 0 Å². The first-order valence-corrected chi connectivity index (χ1v) is 9.37. The highest BCUT2D eigenvalue weighted by molar-refractivity contribution is 7.13. The normalized spacial score (nSPS) is 16.3. The van der Waals surface area contributed by atoms with Crippen molar-refractivity contribution in [3.63, 3.8) is 0 Å². The van der Waals surface area contributed by atoms with Crippen LogP contribution in [0, 0.1) is 0 Å². The average molecular weight is 346 g/mol. The Morgan fingerprint density at radius 2 is 1.79 bits per heavy atom. The molecule has 0 unspecified atom stereocenters. The number of ether oxygens (including phenoxy) is 2. The van der Waals surface area contributed by atoms with Crippen molar-refractivity contribution >= 4 is 11.3 Å². The Balaban J connectivity index is 0.000000370. The van der Waals surface area contributed by atoms with Crippen molar-refractivity contribution in [3.8, 4) is 21.9 Å². The van der Waals surface area contributed by atoms with E-state index < -0.39 is 0 Å². The second-order valence-corrected chi connectivity index (χ2v) is 7.28. The van der Waals surface area contributed by atoms with E-state index >= 15 is 0 Å². The monoisotopic (exact) mass is 346 g/mol. The quantitative estimate of drug-likeness (QED) is 0.835. The zero-order chi connectivity index (χ0) is 16.9. The molecular formula is C19H26N2O2S. The molecule has 0 aliphatic heterocycles. The third kappa shape index (κ3) is 4.72. The maximum absolute atomic E-state index is 5.43. The van der Waals surface area contributed by atoms with Crippen LogP contribution in [-0.2, 0) is 6.54 Å². The summed E-state index contributed by atoms with van der Waals surface area (Å²) < 4.78 is 10.8. The summed E-state index contributed by atoms with van der Waals surface area (Å²) in [4.78, 5) is 1.26. The van der Waals surface area contributed by atoms with Crippen molar-refractivity contribution in [2.75, 3.05) is 14.2 Å². The van der Waals surface area contributed by atoms with Crippen LogP contribution in [-0.4, -0.2) is 26.3 Å². The van der Waals surface area contributed by atoms with Gasteiger partial charge in [-0.1, -0.05) is 6.07 Å². The molecular weight excluding hydrogens is 320 g/mol. The van der Waals surface area contributed by atoms with Gasteiger partial charge in [0.2, 0.25) is 0 Å². The number of benzene rings is 1. The van der Waals surface area contributed by atoms with Crippen LogP contribution in [0.15, 0.2) is 29.6 Å². The van der Waals surface area contributed by atoms with Crippen LogP contribution in [0.4, 0.5) is 0 Å².